The van der Waals surface area contributed by atoms with Gasteiger partial charge in [-0.25, -0.2) is 13.1 Å². The molecule has 0 atom stereocenters. The van der Waals surface area contributed by atoms with Gasteiger partial charge in [-0.3, -0.25) is 4.79 Å². The van der Waals surface area contributed by atoms with E-state index in [0.717, 1.165) is 23.4 Å². The van der Waals surface area contributed by atoms with Gasteiger partial charge < -0.3 is 9.88 Å². The molecular formula is C23H29N3O3S. The Labute approximate surface area is 178 Å². The van der Waals surface area contributed by atoms with Crippen LogP contribution >= 0.6 is 0 Å². The third-order valence-electron chi connectivity index (χ3n) is 7.58. The van der Waals surface area contributed by atoms with Gasteiger partial charge in [-0.05, 0) is 92.5 Å². The molecule has 0 radical (unpaired) electrons. The van der Waals surface area contributed by atoms with E-state index in [1.54, 1.807) is 7.05 Å². The Balaban J connectivity index is 1.33. The average molecular weight is 428 g/mol. The highest BCUT2D eigenvalue weighted by atomic mass is 32.2. The topological polar surface area (TPSA) is 80.2 Å². The minimum Gasteiger partial charge on any atom is -0.345 e. The number of rotatable bonds is 5. The van der Waals surface area contributed by atoms with E-state index in [9.17, 15) is 13.2 Å². The van der Waals surface area contributed by atoms with E-state index < -0.39 is 10.0 Å². The van der Waals surface area contributed by atoms with Crippen molar-refractivity contribution < 1.29 is 13.2 Å². The molecule has 2 N–H and O–H groups in total. The molecule has 1 heterocycles. The summed E-state index contributed by atoms with van der Waals surface area (Å²) in [4.78, 5) is 12.8. The quantitative estimate of drug-likeness (QED) is 0.764. The summed E-state index contributed by atoms with van der Waals surface area (Å²) in [7, 11) is -0.564. The Morgan fingerprint density at radius 1 is 1.03 bits per heavy atom. The van der Waals surface area contributed by atoms with Crippen LogP contribution in [0.15, 0.2) is 41.4 Å². The van der Waals surface area contributed by atoms with Crippen molar-refractivity contribution in [3.05, 3.63) is 47.8 Å². The molecule has 1 aromatic carbocycles. The molecule has 160 valence electrons. The van der Waals surface area contributed by atoms with Gasteiger partial charge in [0.2, 0.25) is 10.0 Å². The van der Waals surface area contributed by atoms with Crippen molar-refractivity contribution in [1.82, 2.24) is 9.29 Å². The minimum absolute atomic E-state index is 0.0785. The van der Waals surface area contributed by atoms with Gasteiger partial charge in [0, 0.05) is 18.9 Å². The summed E-state index contributed by atoms with van der Waals surface area (Å²) in [5.41, 5.74) is 2.79. The van der Waals surface area contributed by atoms with Crippen LogP contribution in [0.5, 0.6) is 0 Å². The summed E-state index contributed by atoms with van der Waals surface area (Å²) < 4.78 is 27.8. The summed E-state index contributed by atoms with van der Waals surface area (Å²) >= 11 is 0. The number of nitrogens with one attached hydrogen (secondary N) is 2. The number of hydrogen-bond donors (Lipinski definition) is 2. The highest BCUT2D eigenvalue weighted by molar-refractivity contribution is 7.89. The van der Waals surface area contributed by atoms with E-state index in [1.807, 2.05) is 12.1 Å². The van der Waals surface area contributed by atoms with Gasteiger partial charge in [0.05, 0.1) is 0 Å². The Kier molecular flexibility index (Phi) is 4.59. The van der Waals surface area contributed by atoms with Crippen LogP contribution in [-0.4, -0.2) is 25.9 Å². The zero-order chi connectivity index (χ0) is 21.1. The van der Waals surface area contributed by atoms with E-state index in [4.69, 9.17) is 0 Å². The zero-order valence-electron chi connectivity index (χ0n) is 17.5. The van der Waals surface area contributed by atoms with Gasteiger partial charge in [0.25, 0.3) is 5.91 Å². The number of sulfonamides is 1. The van der Waals surface area contributed by atoms with Gasteiger partial charge in [-0.1, -0.05) is 12.1 Å². The second kappa shape index (κ2) is 6.95. The van der Waals surface area contributed by atoms with Crippen LogP contribution in [0, 0.1) is 17.8 Å². The molecule has 1 aromatic heterocycles. The SMILES string of the molecule is CNS(=O)(=O)c1cc(C(=O)Nc2ccc(C34CC5CC(CC(C5)C3)C4)cc2)n(C)c1. The molecule has 6 rings (SSSR count). The maximum atomic E-state index is 12.7. The fourth-order valence-corrected chi connectivity index (χ4v) is 7.39. The third-order valence-corrected chi connectivity index (χ3v) is 8.97. The van der Waals surface area contributed by atoms with Gasteiger partial charge in [-0.15, -0.1) is 0 Å². The summed E-state index contributed by atoms with van der Waals surface area (Å²) in [6, 6.07) is 9.74. The number of carbonyl (C=O) groups is 1. The first-order valence-corrected chi connectivity index (χ1v) is 12.3. The second-order valence-corrected chi connectivity index (χ2v) is 11.5. The smallest absolute Gasteiger partial charge is 0.272 e. The van der Waals surface area contributed by atoms with Crippen LogP contribution < -0.4 is 10.0 Å². The highest BCUT2D eigenvalue weighted by Gasteiger charge is 2.51. The molecule has 4 saturated carbocycles. The van der Waals surface area contributed by atoms with Crippen molar-refractivity contribution in [3.8, 4) is 0 Å². The van der Waals surface area contributed by atoms with Crippen molar-refractivity contribution in [2.45, 2.75) is 48.8 Å². The molecule has 30 heavy (non-hydrogen) atoms. The normalized spacial score (nSPS) is 29.9. The van der Waals surface area contributed by atoms with Crippen molar-refractivity contribution in [1.29, 1.82) is 0 Å². The van der Waals surface area contributed by atoms with E-state index in [1.165, 1.54) is 68.0 Å². The lowest BCUT2D eigenvalue weighted by Crippen LogP contribution is -2.48. The number of amides is 1. The van der Waals surface area contributed by atoms with Crippen LogP contribution in [0.2, 0.25) is 0 Å². The zero-order valence-corrected chi connectivity index (χ0v) is 18.3. The molecule has 0 saturated heterocycles. The first-order valence-electron chi connectivity index (χ1n) is 10.8. The maximum Gasteiger partial charge on any atom is 0.272 e. The van der Waals surface area contributed by atoms with Crippen LogP contribution in [0.4, 0.5) is 5.69 Å². The number of nitrogens with zero attached hydrogens (tertiary/aromatic N) is 1. The van der Waals surface area contributed by atoms with Crippen LogP contribution in [0.25, 0.3) is 0 Å². The monoisotopic (exact) mass is 427 g/mol. The predicted molar refractivity (Wildman–Crippen MR) is 116 cm³/mol. The number of benzene rings is 1. The molecule has 0 spiro atoms. The standard InChI is InChI=1S/C23H29N3O3S/c1-24-30(28,29)20-10-21(26(2)14-20)22(27)25-19-5-3-18(4-6-19)23-11-15-7-16(12-23)9-17(8-15)13-23/h3-6,10,14-17,24H,7-9,11-13H2,1-2H3,(H,25,27). The van der Waals surface area contributed by atoms with Gasteiger partial charge in [-0.2, -0.15) is 0 Å². The lowest BCUT2D eigenvalue weighted by molar-refractivity contribution is -0.00518. The van der Waals surface area contributed by atoms with Crippen LogP contribution in [0.1, 0.15) is 54.6 Å². The fourth-order valence-electron chi connectivity index (χ4n) is 6.59. The lowest BCUT2D eigenvalue weighted by atomic mass is 9.48. The first kappa shape index (κ1) is 19.8. The molecule has 4 aliphatic carbocycles. The number of carbonyl (C=O) groups excluding carboxylic acids is 1. The maximum absolute atomic E-state index is 12.7. The average Bonchev–Trinajstić information content (AvgIpc) is 3.10. The van der Waals surface area contributed by atoms with E-state index >= 15 is 0 Å². The highest BCUT2D eigenvalue weighted by Crippen LogP contribution is 2.60. The summed E-state index contributed by atoms with van der Waals surface area (Å²) in [5.74, 6) is 2.38. The first-order chi connectivity index (χ1) is 14.3. The molecule has 0 aliphatic heterocycles. The minimum atomic E-state index is -3.58. The molecule has 4 fully saturated rings. The molecule has 4 aliphatic rings. The molecular weight excluding hydrogens is 398 g/mol. The van der Waals surface area contributed by atoms with Gasteiger partial charge >= 0.3 is 0 Å². The van der Waals surface area contributed by atoms with E-state index in [0.29, 0.717) is 11.1 Å². The predicted octanol–water partition coefficient (Wildman–Crippen LogP) is 3.65. The fraction of sp³-hybridized carbons (Fsp3) is 0.522. The molecule has 7 heteroatoms. The Bertz CT molecular complexity index is 1050. The van der Waals surface area contributed by atoms with Crippen LogP contribution in [0.3, 0.4) is 0 Å². The molecule has 1 amide bonds. The van der Waals surface area contributed by atoms with E-state index in [-0.39, 0.29) is 10.8 Å². The van der Waals surface area contributed by atoms with E-state index in [2.05, 4.69) is 22.2 Å². The second-order valence-electron chi connectivity index (χ2n) is 9.61. The van der Waals surface area contributed by atoms with Crippen molar-refractivity contribution in [2.24, 2.45) is 24.8 Å². The third kappa shape index (κ3) is 3.28. The Morgan fingerprint density at radius 3 is 2.13 bits per heavy atom. The summed E-state index contributed by atoms with van der Waals surface area (Å²) in [5, 5.41) is 2.91. The Hall–Kier alpha value is -2.12. The molecule has 6 nitrogen and oxygen atoms in total. The van der Waals surface area contributed by atoms with Gasteiger partial charge in [0.1, 0.15) is 10.6 Å². The molecule has 4 bridgehead atoms. The molecule has 2 aromatic rings. The number of hydrogen-bond acceptors (Lipinski definition) is 3. The number of aryl methyl sites for hydroxylation is 1. The molecule has 0 unspecified atom stereocenters. The van der Waals surface area contributed by atoms with Crippen LogP contribution in [-0.2, 0) is 22.5 Å². The van der Waals surface area contributed by atoms with Gasteiger partial charge in [0.15, 0.2) is 0 Å². The van der Waals surface area contributed by atoms with Crippen molar-refractivity contribution in [3.63, 3.8) is 0 Å². The summed E-state index contributed by atoms with van der Waals surface area (Å²) in [6.45, 7) is 0. The number of anilines is 1. The van der Waals surface area contributed by atoms with Crippen molar-refractivity contribution >= 4 is 21.6 Å². The number of aromatic nitrogens is 1. The largest absolute Gasteiger partial charge is 0.345 e. The Morgan fingerprint density at radius 2 is 1.60 bits per heavy atom. The lowest BCUT2D eigenvalue weighted by Gasteiger charge is -2.57. The van der Waals surface area contributed by atoms with Crippen molar-refractivity contribution in [2.75, 3.05) is 12.4 Å². The summed E-state index contributed by atoms with van der Waals surface area (Å²) in [6.07, 6.45) is 9.67.